The monoisotopic (exact) mass is 249 g/mol. The largest absolute Gasteiger partial charge is 0.500 e. The van der Waals surface area contributed by atoms with E-state index in [1.165, 1.54) is 0 Å². The molecule has 0 heterocycles. The van der Waals surface area contributed by atoms with Crippen molar-refractivity contribution in [2.24, 2.45) is 11.1 Å². The van der Waals surface area contributed by atoms with E-state index in [9.17, 15) is 0 Å². The zero-order valence-electron chi connectivity index (χ0n) is 11.3. The zero-order valence-corrected chi connectivity index (χ0v) is 12.3. The van der Waals surface area contributed by atoms with Crippen LogP contribution in [0.25, 0.3) is 0 Å². The van der Waals surface area contributed by atoms with Gasteiger partial charge in [-0.25, -0.2) is 0 Å². The van der Waals surface area contributed by atoms with E-state index in [2.05, 4.69) is 13.8 Å². The summed E-state index contributed by atoms with van der Waals surface area (Å²) in [6.45, 7) is 5.26. The van der Waals surface area contributed by atoms with Gasteiger partial charge in [-0.1, -0.05) is 13.8 Å². The first kappa shape index (κ1) is 16.1. The van der Waals surface area contributed by atoms with E-state index in [1.54, 1.807) is 21.3 Å². The Morgan fingerprint density at radius 2 is 1.50 bits per heavy atom. The molecule has 0 bridgehead atoms. The van der Waals surface area contributed by atoms with Crippen LogP contribution in [0.5, 0.6) is 0 Å². The number of hydrogen-bond acceptors (Lipinski definition) is 4. The summed E-state index contributed by atoms with van der Waals surface area (Å²) in [7, 11) is 2.58. The lowest BCUT2D eigenvalue weighted by atomic mass is 9.85. The van der Waals surface area contributed by atoms with Crippen molar-refractivity contribution in [3.8, 4) is 0 Å². The van der Waals surface area contributed by atoms with Gasteiger partial charge in [0.2, 0.25) is 0 Å². The van der Waals surface area contributed by atoms with Crippen molar-refractivity contribution in [1.82, 2.24) is 0 Å². The minimum absolute atomic E-state index is 0.271. The number of nitrogens with two attached hydrogens (primary N) is 1. The summed E-state index contributed by atoms with van der Waals surface area (Å²) in [5.74, 6) is 0. The molecule has 0 aromatic heterocycles. The van der Waals surface area contributed by atoms with Crippen LogP contribution in [0.1, 0.15) is 33.1 Å². The van der Waals surface area contributed by atoms with E-state index in [0.717, 1.165) is 31.9 Å². The van der Waals surface area contributed by atoms with E-state index < -0.39 is 8.80 Å². The summed E-state index contributed by atoms with van der Waals surface area (Å²) in [5.41, 5.74) is 5.80. The second kappa shape index (κ2) is 7.40. The molecule has 0 aliphatic carbocycles. The van der Waals surface area contributed by atoms with Crippen LogP contribution in [0.3, 0.4) is 0 Å². The summed E-state index contributed by atoms with van der Waals surface area (Å²) in [4.78, 5) is 0. The van der Waals surface area contributed by atoms with Crippen LogP contribution in [-0.2, 0) is 13.3 Å². The van der Waals surface area contributed by atoms with Crippen molar-refractivity contribution < 1.29 is 13.3 Å². The van der Waals surface area contributed by atoms with Gasteiger partial charge in [0, 0.05) is 27.4 Å². The van der Waals surface area contributed by atoms with Crippen LogP contribution in [0, 0.1) is 5.41 Å². The van der Waals surface area contributed by atoms with Crippen molar-refractivity contribution in [2.75, 3.05) is 27.9 Å². The van der Waals surface area contributed by atoms with Gasteiger partial charge in [0.15, 0.2) is 0 Å². The Labute approximate surface area is 101 Å². The van der Waals surface area contributed by atoms with Crippen molar-refractivity contribution in [3.63, 3.8) is 0 Å². The Balaban J connectivity index is 4.18. The molecule has 0 aromatic carbocycles. The van der Waals surface area contributed by atoms with Crippen LogP contribution in [0.15, 0.2) is 0 Å². The predicted molar refractivity (Wildman–Crippen MR) is 68.3 cm³/mol. The van der Waals surface area contributed by atoms with Crippen molar-refractivity contribution in [1.29, 1.82) is 0 Å². The van der Waals surface area contributed by atoms with Crippen molar-refractivity contribution in [2.45, 2.75) is 39.2 Å². The fraction of sp³-hybridized carbons (Fsp3) is 1.00. The van der Waals surface area contributed by atoms with Gasteiger partial charge in [-0.2, -0.15) is 0 Å². The lowest BCUT2D eigenvalue weighted by molar-refractivity contribution is 0.117. The summed E-state index contributed by atoms with van der Waals surface area (Å²) in [6, 6.07) is 0.855. The third kappa shape index (κ3) is 5.40. The van der Waals surface area contributed by atoms with Gasteiger partial charge in [-0.15, -0.1) is 0 Å². The third-order valence-electron chi connectivity index (χ3n) is 3.10. The summed E-state index contributed by atoms with van der Waals surface area (Å²) >= 11 is 0. The van der Waals surface area contributed by atoms with Gasteiger partial charge in [-0.05, 0) is 31.2 Å². The Morgan fingerprint density at radius 3 is 1.88 bits per heavy atom. The molecule has 0 saturated heterocycles. The van der Waals surface area contributed by atoms with E-state index in [0.29, 0.717) is 0 Å². The van der Waals surface area contributed by atoms with Gasteiger partial charge < -0.3 is 19.0 Å². The van der Waals surface area contributed by atoms with Gasteiger partial charge in [0.25, 0.3) is 0 Å². The molecule has 0 fully saturated rings. The molecule has 2 N–H and O–H groups in total. The van der Waals surface area contributed by atoms with Crippen LogP contribution in [0.2, 0.25) is 6.04 Å². The highest BCUT2D eigenvalue weighted by atomic mass is 28.4. The zero-order chi connectivity index (χ0) is 12.7. The fourth-order valence-electron chi connectivity index (χ4n) is 1.75. The second-order valence-corrected chi connectivity index (χ2v) is 7.94. The lowest BCUT2D eigenvalue weighted by Gasteiger charge is -2.30. The lowest BCUT2D eigenvalue weighted by Crippen LogP contribution is -2.43. The van der Waals surface area contributed by atoms with Crippen LogP contribution in [0.4, 0.5) is 0 Å². The average molecular weight is 249 g/mol. The Morgan fingerprint density at radius 1 is 1.00 bits per heavy atom. The molecular formula is C11H27NO3Si. The standard InChI is InChI=1S/C11H27NO3Si/c1-11(2,7-6-9-12)8-10-16(13-3,14-4)15-5/h6-10,12H2,1-5H3. The van der Waals surface area contributed by atoms with Crippen LogP contribution >= 0.6 is 0 Å². The molecule has 0 amide bonds. The molecule has 98 valence electrons. The first-order valence-corrected chi connectivity index (χ1v) is 7.74. The highest BCUT2D eigenvalue weighted by molar-refractivity contribution is 6.60. The molecule has 0 aromatic rings. The second-order valence-electron chi connectivity index (χ2n) is 4.85. The fourth-order valence-corrected chi connectivity index (χ4v) is 3.85. The summed E-state index contributed by atoms with van der Waals surface area (Å²) in [6.07, 6.45) is 3.23. The maximum absolute atomic E-state index is 5.53. The van der Waals surface area contributed by atoms with E-state index in [1.807, 2.05) is 0 Å². The van der Waals surface area contributed by atoms with E-state index in [4.69, 9.17) is 19.0 Å². The van der Waals surface area contributed by atoms with Gasteiger partial charge >= 0.3 is 8.80 Å². The quantitative estimate of drug-likeness (QED) is 0.635. The molecule has 16 heavy (non-hydrogen) atoms. The minimum atomic E-state index is -2.40. The summed E-state index contributed by atoms with van der Waals surface area (Å²) < 4.78 is 16.2. The Kier molecular flexibility index (Phi) is 7.42. The van der Waals surface area contributed by atoms with Gasteiger partial charge in [-0.3, -0.25) is 0 Å². The van der Waals surface area contributed by atoms with E-state index in [-0.39, 0.29) is 5.41 Å². The topological polar surface area (TPSA) is 53.7 Å². The van der Waals surface area contributed by atoms with Crippen LogP contribution < -0.4 is 5.73 Å². The smallest absolute Gasteiger partial charge is 0.377 e. The molecule has 0 rings (SSSR count). The molecule has 0 saturated carbocycles. The van der Waals surface area contributed by atoms with Gasteiger partial charge in [0.05, 0.1) is 0 Å². The van der Waals surface area contributed by atoms with E-state index >= 15 is 0 Å². The average Bonchev–Trinajstić information content (AvgIpc) is 2.29. The highest BCUT2D eigenvalue weighted by Crippen LogP contribution is 2.31. The Hall–Kier alpha value is 0.0569. The highest BCUT2D eigenvalue weighted by Gasteiger charge is 2.39. The predicted octanol–water partition coefficient (Wildman–Crippen LogP) is 2.02. The third-order valence-corrected chi connectivity index (χ3v) is 5.83. The molecule has 0 radical (unpaired) electrons. The molecule has 0 aliphatic rings. The van der Waals surface area contributed by atoms with Crippen molar-refractivity contribution in [3.05, 3.63) is 0 Å². The SMILES string of the molecule is CO[Si](CCC(C)(C)CCCN)(OC)OC. The molecule has 0 unspecified atom stereocenters. The first-order chi connectivity index (χ1) is 7.45. The Bertz CT molecular complexity index is 176. The number of rotatable bonds is 9. The number of hydrogen-bond donors (Lipinski definition) is 1. The normalized spacial score (nSPS) is 13.1. The summed E-state index contributed by atoms with van der Waals surface area (Å²) in [5, 5.41) is 0. The molecule has 0 spiro atoms. The maximum atomic E-state index is 5.53. The minimum Gasteiger partial charge on any atom is -0.377 e. The molecule has 0 atom stereocenters. The molecule has 5 heteroatoms. The van der Waals surface area contributed by atoms with Crippen LogP contribution in [-0.4, -0.2) is 36.7 Å². The van der Waals surface area contributed by atoms with Crippen molar-refractivity contribution >= 4 is 8.80 Å². The maximum Gasteiger partial charge on any atom is 0.500 e. The molecule has 0 aliphatic heterocycles. The first-order valence-electron chi connectivity index (χ1n) is 5.81. The molecule has 4 nitrogen and oxygen atoms in total. The molecular weight excluding hydrogens is 222 g/mol. The van der Waals surface area contributed by atoms with Gasteiger partial charge in [0.1, 0.15) is 0 Å².